The van der Waals surface area contributed by atoms with E-state index in [-0.39, 0.29) is 12.1 Å². The highest BCUT2D eigenvalue weighted by atomic mass is 16.6. The van der Waals surface area contributed by atoms with Gasteiger partial charge in [0.2, 0.25) is 0 Å². The van der Waals surface area contributed by atoms with Gasteiger partial charge in [-0.3, -0.25) is 4.99 Å². The molecule has 1 saturated heterocycles. The number of ether oxygens (including phenoxy) is 1. The molecule has 1 saturated carbocycles. The molecule has 138 valence electrons. The van der Waals surface area contributed by atoms with E-state index < -0.39 is 11.2 Å². The first kappa shape index (κ1) is 18.8. The van der Waals surface area contributed by atoms with Gasteiger partial charge in [-0.2, -0.15) is 0 Å². The third-order valence-electron chi connectivity index (χ3n) is 4.28. The molecule has 0 aromatic carbocycles. The molecule has 2 rings (SSSR count). The number of rotatable bonds is 4. The number of hydrogen-bond acceptors (Lipinski definition) is 4. The van der Waals surface area contributed by atoms with E-state index in [4.69, 9.17) is 4.74 Å². The van der Waals surface area contributed by atoms with Crippen LogP contribution in [0.2, 0.25) is 0 Å². The van der Waals surface area contributed by atoms with E-state index in [2.05, 4.69) is 15.6 Å². The first-order valence-electron chi connectivity index (χ1n) is 8.96. The smallest absolute Gasteiger partial charge is 0.410 e. The molecule has 2 fully saturated rings. The molecule has 7 heteroatoms. The average molecular weight is 340 g/mol. The number of nitrogens with zero attached hydrogens (tertiary/aromatic N) is 2. The van der Waals surface area contributed by atoms with Crippen molar-refractivity contribution in [1.29, 1.82) is 0 Å². The topological polar surface area (TPSA) is 86.2 Å². The van der Waals surface area contributed by atoms with Crippen LogP contribution in [0.5, 0.6) is 0 Å². The van der Waals surface area contributed by atoms with Gasteiger partial charge in [0.15, 0.2) is 5.96 Å². The fourth-order valence-electron chi connectivity index (χ4n) is 2.98. The summed E-state index contributed by atoms with van der Waals surface area (Å²) in [7, 11) is 0. The molecule has 0 aromatic heterocycles. The first-order valence-corrected chi connectivity index (χ1v) is 8.96. The van der Waals surface area contributed by atoms with E-state index in [1.807, 2.05) is 27.7 Å². The van der Waals surface area contributed by atoms with Gasteiger partial charge in [-0.05, 0) is 40.5 Å². The minimum absolute atomic E-state index is 0.161. The van der Waals surface area contributed by atoms with Gasteiger partial charge in [-0.25, -0.2) is 4.79 Å². The lowest BCUT2D eigenvalue weighted by Gasteiger charge is -2.40. The largest absolute Gasteiger partial charge is 0.444 e. The van der Waals surface area contributed by atoms with Crippen LogP contribution >= 0.6 is 0 Å². The maximum atomic E-state index is 11.9. The Morgan fingerprint density at radius 3 is 2.50 bits per heavy atom. The molecule has 24 heavy (non-hydrogen) atoms. The number of nitrogens with one attached hydrogen (secondary N) is 2. The Kier molecular flexibility index (Phi) is 5.96. The van der Waals surface area contributed by atoms with Crippen molar-refractivity contribution in [3.05, 3.63) is 0 Å². The van der Waals surface area contributed by atoms with Crippen molar-refractivity contribution in [3.8, 4) is 0 Å². The van der Waals surface area contributed by atoms with Crippen molar-refractivity contribution < 1.29 is 14.6 Å². The van der Waals surface area contributed by atoms with E-state index in [0.717, 1.165) is 32.2 Å². The van der Waals surface area contributed by atoms with E-state index in [1.165, 1.54) is 0 Å². The quantitative estimate of drug-likeness (QED) is 0.533. The van der Waals surface area contributed by atoms with Gasteiger partial charge in [0, 0.05) is 19.6 Å². The van der Waals surface area contributed by atoms with Gasteiger partial charge >= 0.3 is 6.09 Å². The molecule has 3 N–H and O–H groups in total. The van der Waals surface area contributed by atoms with Crippen molar-refractivity contribution in [3.63, 3.8) is 0 Å². The zero-order chi connectivity index (χ0) is 17.8. The van der Waals surface area contributed by atoms with E-state index in [9.17, 15) is 9.90 Å². The van der Waals surface area contributed by atoms with Crippen LogP contribution in [0.1, 0.15) is 53.4 Å². The third kappa shape index (κ3) is 5.54. The normalized spacial score (nSPS) is 21.4. The van der Waals surface area contributed by atoms with Crippen LogP contribution in [0.25, 0.3) is 0 Å². The number of carbonyl (C=O) groups excluding carboxylic acids is 1. The molecule has 1 aliphatic carbocycles. The maximum absolute atomic E-state index is 11.9. The summed E-state index contributed by atoms with van der Waals surface area (Å²) in [5.74, 6) is 0.701. The molecule has 2 aliphatic rings. The lowest BCUT2D eigenvalue weighted by molar-refractivity contribution is 0.00700. The minimum Gasteiger partial charge on any atom is -0.444 e. The zero-order valence-electron chi connectivity index (χ0n) is 15.4. The summed E-state index contributed by atoms with van der Waals surface area (Å²) in [4.78, 5) is 18.1. The van der Waals surface area contributed by atoms with Gasteiger partial charge < -0.3 is 25.4 Å². The highest BCUT2D eigenvalue weighted by molar-refractivity contribution is 5.80. The number of aliphatic hydroxyl groups is 1. The first-order chi connectivity index (χ1) is 11.2. The number of aliphatic imine (C=N–C) groups is 1. The van der Waals surface area contributed by atoms with Crippen molar-refractivity contribution in [2.24, 2.45) is 4.99 Å². The van der Waals surface area contributed by atoms with Gasteiger partial charge in [-0.15, -0.1) is 0 Å². The van der Waals surface area contributed by atoms with Gasteiger partial charge in [0.25, 0.3) is 0 Å². The van der Waals surface area contributed by atoms with Crippen LogP contribution in [0.4, 0.5) is 4.79 Å². The summed E-state index contributed by atoms with van der Waals surface area (Å²) < 4.78 is 5.35. The zero-order valence-corrected chi connectivity index (χ0v) is 15.4. The lowest BCUT2D eigenvalue weighted by Crippen LogP contribution is -2.63. The van der Waals surface area contributed by atoms with Gasteiger partial charge in [-0.1, -0.05) is 12.8 Å². The predicted octanol–water partition coefficient (Wildman–Crippen LogP) is 1.47. The van der Waals surface area contributed by atoms with Crippen molar-refractivity contribution in [2.45, 2.75) is 70.6 Å². The average Bonchev–Trinajstić information content (AvgIpc) is 2.84. The molecule has 0 bridgehead atoms. The number of guanidine groups is 1. The molecule has 0 unspecified atom stereocenters. The van der Waals surface area contributed by atoms with Crippen LogP contribution in [0.3, 0.4) is 0 Å². The fraction of sp³-hybridized carbons (Fsp3) is 0.882. The molecule has 1 amide bonds. The lowest BCUT2D eigenvalue weighted by atomic mass is 10.0. The Morgan fingerprint density at radius 1 is 1.33 bits per heavy atom. The molecule has 0 radical (unpaired) electrons. The molecule has 1 heterocycles. The number of carbonyl (C=O) groups is 1. The van der Waals surface area contributed by atoms with Gasteiger partial charge in [0.1, 0.15) is 5.60 Å². The summed E-state index contributed by atoms with van der Waals surface area (Å²) >= 11 is 0. The summed E-state index contributed by atoms with van der Waals surface area (Å²) in [5.41, 5.74) is -1.12. The standard InChI is InChI=1S/C17H32N4O3/c1-5-18-14(19-12-17(23)8-6-7-9-17)20-13-10-21(11-13)15(22)24-16(2,3)4/h13,23H,5-12H2,1-4H3,(H2,18,19,20). The maximum Gasteiger partial charge on any atom is 0.410 e. The SMILES string of the molecule is CCNC(=NCC1(O)CCCC1)NC1CN(C(=O)OC(C)(C)C)C1. The number of likely N-dealkylation sites (tertiary alicyclic amines) is 1. The second kappa shape index (κ2) is 7.59. The molecule has 0 atom stereocenters. The minimum atomic E-state index is -0.648. The Bertz CT molecular complexity index is 461. The Labute approximate surface area is 144 Å². The van der Waals surface area contributed by atoms with Crippen LogP contribution in [0.15, 0.2) is 4.99 Å². The Morgan fingerprint density at radius 2 is 1.96 bits per heavy atom. The van der Waals surface area contributed by atoms with Crippen LogP contribution in [-0.4, -0.2) is 65.5 Å². The van der Waals surface area contributed by atoms with E-state index in [1.54, 1.807) is 4.90 Å². The van der Waals surface area contributed by atoms with Crippen molar-refractivity contribution in [1.82, 2.24) is 15.5 Å². The number of hydrogen-bond donors (Lipinski definition) is 3. The molecule has 1 aliphatic heterocycles. The molecular weight excluding hydrogens is 308 g/mol. The van der Waals surface area contributed by atoms with Crippen molar-refractivity contribution in [2.75, 3.05) is 26.2 Å². The summed E-state index contributed by atoms with van der Waals surface area (Å²) in [6, 6.07) is 0.161. The number of amides is 1. The molecule has 0 aromatic rings. The van der Waals surface area contributed by atoms with E-state index in [0.29, 0.717) is 25.6 Å². The summed E-state index contributed by atoms with van der Waals surface area (Å²) in [6.45, 7) is 9.98. The van der Waals surface area contributed by atoms with Crippen LogP contribution in [0, 0.1) is 0 Å². The second-order valence-electron chi connectivity index (χ2n) is 7.85. The fourth-order valence-corrected chi connectivity index (χ4v) is 2.98. The van der Waals surface area contributed by atoms with Crippen LogP contribution in [-0.2, 0) is 4.74 Å². The molecular formula is C17H32N4O3. The van der Waals surface area contributed by atoms with Crippen LogP contribution < -0.4 is 10.6 Å². The highest BCUT2D eigenvalue weighted by Gasteiger charge is 2.35. The van der Waals surface area contributed by atoms with Gasteiger partial charge in [0.05, 0.1) is 18.2 Å². The monoisotopic (exact) mass is 340 g/mol. The van der Waals surface area contributed by atoms with Crippen molar-refractivity contribution >= 4 is 12.1 Å². The Hall–Kier alpha value is -1.50. The third-order valence-corrected chi connectivity index (χ3v) is 4.28. The summed E-state index contributed by atoms with van der Waals surface area (Å²) in [6.07, 6.45) is 3.52. The van der Waals surface area contributed by atoms with E-state index >= 15 is 0 Å². The molecule has 7 nitrogen and oxygen atoms in total. The summed E-state index contributed by atoms with van der Waals surface area (Å²) in [5, 5.41) is 16.9. The molecule has 0 spiro atoms. The Balaban J connectivity index is 1.79. The second-order valence-corrected chi connectivity index (χ2v) is 7.85. The predicted molar refractivity (Wildman–Crippen MR) is 94.1 cm³/mol. The highest BCUT2D eigenvalue weighted by Crippen LogP contribution is 2.29.